The number of hydrogen-bond donors (Lipinski definition) is 0. The lowest BCUT2D eigenvalue weighted by Crippen LogP contribution is -1.66. The van der Waals surface area contributed by atoms with E-state index in [0.717, 1.165) is 5.92 Å². The summed E-state index contributed by atoms with van der Waals surface area (Å²) in [6, 6.07) is 0. The van der Waals surface area contributed by atoms with Crippen LogP contribution in [0.1, 0.15) is 20.8 Å². The fraction of sp³-hybridized carbons (Fsp3) is 1.00. The third kappa shape index (κ3) is 58400. The summed E-state index contributed by atoms with van der Waals surface area (Å²) in [6.45, 7) is 6.50. The molecule has 0 saturated heterocycles. The SMILES string of the molecule is CC(C)C.COC. The second-order valence-corrected chi connectivity index (χ2v) is 2.14. The second kappa shape index (κ2) is 9.35. The summed E-state index contributed by atoms with van der Waals surface area (Å²) in [7, 11) is 3.25. The van der Waals surface area contributed by atoms with E-state index in [4.69, 9.17) is 0 Å². The van der Waals surface area contributed by atoms with Crippen LogP contribution in [0.5, 0.6) is 0 Å². The fourth-order valence-electron chi connectivity index (χ4n) is 0. The van der Waals surface area contributed by atoms with E-state index in [1.807, 2.05) is 0 Å². The van der Waals surface area contributed by atoms with Crippen molar-refractivity contribution in [3.63, 3.8) is 0 Å². The molecule has 46 valence electrons. The third-order valence-corrected chi connectivity index (χ3v) is 0. The van der Waals surface area contributed by atoms with Crippen LogP contribution in [0.15, 0.2) is 0 Å². The first-order valence-corrected chi connectivity index (χ1v) is 2.55. The number of methoxy groups -OCH3 is 1. The molecule has 0 unspecified atom stereocenters. The molecule has 0 saturated carbocycles. The van der Waals surface area contributed by atoms with E-state index in [1.165, 1.54) is 0 Å². The highest BCUT2D eigenvalue weighted by molar-refractivity contribution is 4.20. The fourth-order valence-corrected chi connectivity index (χ4v) is 0. The maximum atomic E-state index is 4.25. The standard InChI is InChI=1S/C4H10.C2H6O/c1-4(2)3;1-3-2/h4H,1-3H3;1-2H3. The van der Waals surface area contributed by atoms with Crippen LogP contribution in [0.4, 0.5) is 0 Å². The molecule has 0 spiro atoms. The Bertz CT molecular complexity index is 15.4. The highest BCUT2D eigenvalue weighted by atomic mass is 16.4. The van der Waals surface area contributed by atoms with Crippen molar-refractivity contribution in [3.8, 4) is 0 Å². The van der Waals surface area contributed by atoms with E-state index in [2.05, 4.69) is 25.5 Å². The molecule has 0 bridgehead atoms. The van der Waals surface area contributed by atoms with Gasteiger partial charge in [-0.05, 0) is 5.92 Å². The molecule has 0 amide bonds. The van der Waals surface area contributed by atoms with Crippen molar-refractivity contribution in [2.75, 3.05) is 14.2 Å². The van der Waals surface area contributed by atoms with E-state index in [9.17, 15) is 0 Å². The van der Waals surface area contributed by atoms with Gasteiger partial charge in [0.2, 0.25) is 0 Å². The Kier molecular flexibility index (Phi) is 13.4. The Labute approximate surface area is 46.7 Å². The molecule has 0 fully saturated rings. The molecule has 0 N–H and O–H groups in total. The maximum absolute atomic E-state index is 4.25. The van der Waals surface area contributed by atoms with Gasteiger partial charge in [0.25, 0.3) is 0 Å². The molecule has 0 aliphatic heterocycles. The Hall–Kier alpha value is -0.0400. The zero-order valence-electron chi connectivity index (χ0n) is 5.99. The van der Waals surface area contributed by atoms with E-state index in [0.29, 0.717) is 0 Å². The van der Waals surface area contributed by atoms with Crippen LogP contribution in [0.3, 0.4) is 0 Å². The molecule has 1 heteroatoms. The summed E-state index contributed by atoms with van der Waals surface area (Å²) in [5.41, 5.74) is 0. The summed E-state index contributed by atoms with van der Waals surface area (Å²) in [5.74, 6) is 0.833. The van der Waals surface area contributed by atoms with Gasteiger partial charge in [0, 0.05) is 14.2 Å². The molecule has 0 atom stereocenters. The van der Waals surface area contributed by atoms with E-state index >= 15 is 0 Å². The first-order valence-electron chi connectivity index (χ1n) is 2.55. The van der Waals surface area contributed by atoms with Gasteiger partial charge >= 0.3 is 0 Å². The van der Waals surface area contributed by atoms with Crippen molar-refractivity contribution in [1.29, 1.82) is 0 Å². The zero-order chi connectivity index (χ0) is 6.28. The Morgan fingerprint density at radius 3 is 1.00 bits per heavy atom. The van der Waals surface area contributed by atoms with E-state index < -0.39 is 0 Å². The third-order valence-electron chi connectivity index (χ3n) is 0. The summed E-state index contributed by atoms with van der Waals surface area (Å²) >= 11 is 0. The first kappa shape index (κ1) is 10.0. The molecule has 0 aromatic heterocycles. The molecule has 0 radical (unpaired) electrons. The molecule has 0 aliphatic carbocycles. The molecule has 0 rings (SSSR count). The van der Waals surface area contributed by atoms with Gasteiger partial charge in [0.15, 0.2) is 0 Å². The average Bonchev–Trinajstić information content (AvgIpc) is 1.33. The van der Waals surface area contributed by atoms with Crippen molar-refractivity contribution in [1.82, 2.24) is 0 Å². The Balaban J connectivity index is 0. The minimum atomic E-state index is 0.833. The van der Waals surface area contributed by atoms with Gasteiger partial charge in [0.05, 0.1) is 0 Å². The van der Waals surface area contributed by atoms with Gasteiger partial charge in [-0.25, -0.2) is 0 Å². The minimum Gasteiger partial charge on any atom is -0.388 e. The lowest BCUT2D eigenvalue weighted by molar-refractivity contribution is 0.277. The van der Waals surface area contributed by atoms with Crippen molar-refractivity contribution in [2.24, 2.45) is 5.92 Å². The van der Waals surface area contributed by atoms with Crippen LogP contribution < -0.4 is 0 Å². The lowest BCUT2D eigenvalue weighted by atomic mass is 10.3. The van der Waals surface area contributed by atoms with Gasteiger partial charge in [-0.2, -0.15) is 0 Å². The minimum absolute atomic E-state index is 0.833. The molecule has 0 aromatic rings. The predicted molar refractivity (Wildman–Crippen MR) is 33.4 cm³/mol. The summed E-state index contributed by atoms with van der Waals surface area (Å²) in [4.78, 5) is 0. The monoisotopic (exact) mass is 104 g/mol. The van der Waals surface area contributed by atoms with Gasteiger partial charge < -0.3 is 4.74 Å². The zero-order valence-corrected chi connectivity index (χ0v) is 5.99. The normalized spacial score (nSPS) is 7.71. The van der Waals surface area contributed by atoms with Gasteiger partial charge in [-0.1, -0.05) is 20.8 Å². The Morgan fingerprint density at radius 1 is 1.00 bits per heavy atom. The summed E-state index contributed by atoms with van der Waals surface area (Å²) in [5, 5.41) is 0. The number of ether oxygens (including phenoxy) is 1. The van der Waals surface area contributed by atoms with Gasteiger partial charge in [-0.15, -0.1) is 0 Å². The van der Waals surface area contributed by atoms with Gasteiger partial charge in [0.1, 0.15) is 0 Å². The van der Waals surface area contributed by atoms with Crippen LogP contribution in [0, 0.1) is 5.92 Å². The van der Waals surface area contributed by atoms with Crippen molar-refractivity contribution >= 4 is 0 Å². The van der Waals surface area contributed by atoms with E-state index in [-0.39, 0.29) is 0 Å². The van der Waals surface area contributed by atoms with Crippen molar-refractivity contribution < 1.29 is 4.74 Å². The van der Waals surface area contributed by atoms with Crippen LogP contribution >= 0.6 is 0 Å². The molecule has 1 nitrogen and oxygen atoms in total. The summed E-state index contributed by atoms with van der Waals surface area (Å²) < 4.78 is 4.25. The molecule has 0 aromatic carbocycles. The number of hydrogen-bond acceptors (Lipinski definition) is 1. The highest BCUT2D eigenvalue weighted by Gasteiger charge is 1.68. The van der Waals surface area contributed by atoms with E-state index in [1.54, 1.807) is 14.2 Å². The van der Waals surface area contributed by atoms with Crippen LogP contribution in [-0.4, -0.2) is 14.2 Å². The molecular formula is C6H16O. The van der Waals surface area contributed by atoms with Crippen LogP contribution in [-0.2, 0) is 4.74 Å². The lowest BCUT2D eigenvalue weighted by Gasteiger charge is -1.79. The first-order chi connectivity index (χ1) is 3.15. The average molecular weight is 104 g/mol. The largest absolute Gasteiger partial charge is 0.388 e. The Morgan fingerprint density at radius 2 is 1.00 bits per heavy atom. The maximum Gasteiger partial charge on any atom is 0.0351 e. The van der Waals surface area contributed by atoms with Crippen molar-refractivity contribution in [2.45, 2.75) is 20.8 Å². The smallest absolute Gasteiger partial charge is 0.0351 e. The molecule has 0 heterocycles. The highest BCUT2D eigenvalue weighted by Crippen LogP contribution is 1.81. The summed E-state index contributed by atoms with van der Waals surface area (Å²) in [6.07, 6.45) is 0. The molecule has 7 heavy (non-hydrogen) atoms. The van der Waals surface area contributed by atoms with Crippen LogP contribution in [0.25, 0.3) is 0 Å². The molecular weight excluding hydrogens is 88.1 g/mol. The number of rotatable bonds is 0. The predicted octanol–water partition coefficient (Wildman–Crippen LogP) is 1.92. The van der Waals surface area contributed by atoms with Gasteiger partial charge in [-0.3, -0.25) is 0 Å². The topological polar surface area (TPSA) is 9.23 Å². The van der Waals surface area contributed by atoms with Crippen molar-refractivity contribution in [3.05, 3.63) is 0 Å². The quantitative estimate of drug-likeness (QED) is 0.456. The molecule has 0 aliphatic rings. The second-order valence-electron chi connectivity index (χ2n) is 2.14. The van der Waals surface area contributed by atoms with Crippen LogP contribution in [0.2, 0.25) is 0 Å².